The minimum atomic E-state index is 0.797. The number of hydrogen-bond acceptors (Lipinski definition) is 3. The van der Waals surface area contributed by atoms with E-state index < -0.39 is 0 Å². The molecule has 0 bridgehead atoms. The molecule has 0 atom stereocenters. The fourth-order valence-electron chi connectivity index (χ4n) is 2.08. The lowest BCUT2D eigenvalue weighted by Crippen LogP contribution is -2.13. The van der Waals surface area contributed by atoms with Crippen LogP contribution in [-0.2, 0) is 26.2 Å². The Kier molecular flexibility index (Phi) is 4.74. The van der Waals surface area contributed by atoms with Crippen LogP contribution in [-0.4, -0.2) is 19.6 Å². The Morgan fingerprint density at radius 1 is 1.16 bits per heavy atom. The summed E-state index contributed by atoms with van der Waals surface area (Å²) < 4.78 is 3.97. The molecular weight excluding hydrogens is 238 g/mol. The van der Waals surface area contributed by atoms with Crippen LogP contribution in [0.4, 0.5) is 0 Å². The van der Waals surface area contributed by atoms with Gasteiger partial charge in [-0.25, -0.2) is 0 Å². The molecule has 0 aliphatic rings. The Balaban J connectivity index is 1.84. The normalized spacial score (nSPS) is 11.1. The van der Waals surface area contributed by atoms with Crippen molar-refractivity contribution in [2.24, 2.45) is 0 Å². The van der Waals surface area contributed by atoms with Crippen LogP contribution in [0.1, 0.15) is 37.2 Å². The van der Waals surface area contributed by atoms with Crippen molar-refractivity contribution in [1.29, 1.82) is 0 Å². The van der Waals surface area contributed by atoms with Gasteiger partial charge >= 0.3 is 0 Å². The zero-order valence-electron chi connectivity index (χ0n) is 12.1. The third kappa shape index (κ3) is 3.67. The number of hydrogen-bond donors (Lipinski definition) is 1. The van der Waals surface area contributed by atoms with Gasteiger partial charge in [0.25, 0.3) is 0 Å². The quantitative estimate of drug-likeness (QED) is 0.830. The molecule has 0 fully saturated rings. The van der Waals surface area contributed by atoms with E-state index in [4.69, 9.17) is 0 Å². The number of rotatable bonds is 7. The molecule has 2 rings (SSSR count). The van der Waals surface area contributed by atoms with Gasteiger partial charge in [-0.2, -0.15) is 10.2 Å². The van der Waals surface area contributed by atoms with Crippen molar-refractivity contribution in [2.45, 2.75) is 53.4 Å². The lowest BCUT2D eigenvalue weighted by atomic mass is 10.2. The summed E-state index contributed by atoms with van der Waals surface area (Å²) >= 11 is 0. The molecule has 2 aromatic rings. The predicted octanol–water partition coefficient (Wildman–Crippen LogP) is 2.11. The summed E-state index contributed by atoms with van der Waals surface area (Å²) in [5, 5.41) is 12.4. The van der Waals surface area contributed by atoms with Gasteiger partial charge < -0.3 is 5.32 Å². The maximum atomic E-state index is 4.50. The zero-order valence-corrected chi connectivity index (χ0v) is 12.1. The van der Waals surface area contributed by atoms with Crippen molar-refractivity contribution in [3.63, 3.8) is 0 Å². The number of aromatic nitrogens is 4. The van der Waals surface area contributed by atoms with Crippen LogP contribution in [0.25, 0.3) is 0 Å². The van der Waals surface area contributed by atoms with Crippen LogP contribution in [0.5, 0.6) is 0 Å². The van der Waals surface area contributed by atoms with Crippen molar-refractivity contribution < 1.29 is 0 Å². The Morgan fingerprint density at radius 3 is 2.68 bits per heavy atom. The van der Waals surface area contributed by atoms with Crippen LogP contribution in [0.15, 0.2) is 18.5 Å². The van der Waals surface area contributed by atoms with Gasteiger partial charge in [-0.3, -0.25) is 9.36 Å². The molecule has 0 aliphatic heterocycles. The van der Waals surface area contributed by atoms with Crippen molar-refractivity contribution in [3.05, 3.63) is 35.4 Å². The largest absolute Gasteiger partial charge is 0.307 e. The Labute approximate surface area is 114 Å². The van der Waals surface area contributed by atoms with E-state index in [1.165, 1.54) is 5.56 Å². The fourth-order valence-corrected chi connectivity index (χ4v) is 2.08. The highest BCUT2D eigenvalue weighted by Gasteiger charge is 2.04. The minimum absolute atomic E-state index is 0.797. The second-order valence-corrected chi connectivity index (χ2v) is 4.77. The van der Waals surface area contributed by atoms with Crippen molar-refractivity contribution in [3.8, 4) is 0 Å². The van der Waals surface area contributed by atoms with Crippen LogP contribution in [0.2, 0.25) is 0 Å². The highest BCUT2D eigenvalue weighted by Crippen LogP contribution is 2.06. The number of nitrogens with one attached hydrogen (secondary N) is 1. The third-order valence-corrected chi connectivity index (χ3v) is 3.14. The molecule has 2 aromatic heterocycles. The molecule has 0 unspecified atom stereocenters. The van der Waals surface area contributed by atoms with E-state index in [9.17, 15) is 0 Å². The summed E-state index contributed by atoms with van der Waals surface area (Å²) in [5.41, 5.74) is 3.46. The molecule has 104 valence electrons. The topological polar surface area (TPSA) is 47.7 Å². The van der Waals surface area contributed by atoms with E-state index in [0.29, 0.717) is 0 Å². The zero-order chi connectivity index (χ0) is 13.7. The molecule has 0 spiro atoms. The van der Waals surface area contributed by atoms with Gasteiger partial charge in [0.1, 0.15) is 0 Å². The lowest BCUT2D eigenvalue weighted by molar-refractivity contribution is 0.597. The molecule has 0 radical (unpaired) electrons. The first kappa shape index (κ1) is 13.8. The van der Waals surface area contributed by atoms with Gasteiger partial charge in [0.15, 0.2) is 0 Å². The average molecular weight is 261 g/mol. The summed E-state index contributed by atoms with van der Waals surface area (Å²) in [5.74, 6) is 0. The number of aryl methyl sites for hydroxylation is 3. The van der Waals surface area contributed by atoms with E-state index in [1.807, 2.05) is 15.6 Å². The van der Waals surface area contributed by atoms with Gasteiger partial charge in [-0.05, 0) is 26.3 Å². The van der Waals surface area contributed by atoms with E-state index in [2.05, 4.69) is 48.5 Å². The van der Waals surface area contributed by atoms with Crippen LogP contribution in [0.3, 0.4) is 0 Å². The molecule has 0 saturated heterocycles. The van der Waals surface area contributed by atoms with Gasteiger partial charge in [0.2, 0.25) is 0 Å². The van der Waals surface area contributed by atoms with E-state index in [-0.39, 0.29) is 0 Å². The molecule has 5 nitrogen and oxygen atoms in total. The van der Waals surface area contributed by atoms with Gasteiger partial charge in [0, 0.05) is 44.1 Å². The molecule has 0 amide bonds. The molecule has 19 heavy (non-hydrogen) atoms. The second kappa shape index (κ2) is 6.52. The summed E-state index contributed by atoms with van der Waals surface area (Å²) in [6, 6.07) is 2.06. The molecule has 0 aromatic carbocycles. The monoisotopic (exact) mass is 261 g/mol. The van der Waals surface area contributed by atoms with Gasteiger partial charge in [-0.15, -0.1) is 0 Å². The van der Waals surface area contributed by atoms with Gasteiger partial charge in [0.05, 0.1) is 11.4 Å². The second-order valence-electron chi connectivity index (χ2n) is 4.77. The third-order valence-electron chi connectivity index (χ3n) is 3.14. The Morgan fingerprint density at radius 2 is 2.00 bits per heavy atom. The first-order valence-electron chi connectivity index (χ1n) is 6.99. The summed E-state index contributed by atoms with van der Waals surface area (Å²) in [4.78, 5) is 0. The van der Waals surface area contributed by atoms with E-state index >= 15 is 0 Å². The van der Waals surface area contributed by atoms with Crippen molar-refractivity contribution in [2.75, 3.05) is 0 Å². The molecule has 0 aliphatic carbocycles. The maximum absolute atomic E-state index is 4.50. The molecule has 2 heterocycles. The summed E-state index contributed by atoms with van der Waals surface area (Å²) in [7, 11) is 0. The first-order valence-corrected chi connectivity index (χ1v) is 6.99. The highest BCUT2D eigenvalue weighted by atomic mass is 15.3. The van der Waals surface area contributed by atoms with Gasteiger partial charge in [-0.1, -0.05) is 6.92 Å². The molecule has 5 heteroatoms. The lowest BCUT2D eigenvalue weighted by Gasteiger charge is -2.01. The van der Waals surface area contributed by atoms with Crippen LogP contribution in [0, 0.1) is 6.92 Å². The SMILES string of the molecule is CCCn1cc(CNCc2ccn(CC)n2)c(C)n1. The van der Waals surface area contributed by atoms with Crippen LogP contribution < -0.4 is 5.32 Å². The predicted molar refractivity (Wildman–Crippen MR) is 75.7 cm³/mol. The van der Waals surface area contributed by atoms with Crippen LogP contribution >= 0.6 is 0 Å². The average Bonchev–Trinajstić information content (AvgIpc) is 2.98. The fraction of sp³-hybridized carbons (Fsp3) is 0.571. The molecule has 1 N–H and O–H groups in total. The Bertz CT molecular complexity index is 512. The van der Waals surface area contributed by atoms with E-state index in [0.717, 1.165) is 44.0 Å². The highest BCUT2D eigenvalue weighted by molar-refractivity contribution is 5.15. The maximum Gasteiger partial charge on any atom is 0.0762 e. The standard InChI is InChI=1S/C14H23N5/c1-4-7-19-11-13(12(3)16-19)9-15-10-14-6-8-18(5-2)17-14/h6,8,11,15H,4-5,7,9-10H2,1-3H3. The number of nitrogens with zero attached hydrogens (tertiary/aromatic N) is 4. The molecule has 0 saturated carbocycles. The molecular formula is C14H23N5. The van der Waals surface area contributed by atoms with E-state index in [1.54, 1.807) is 0 Å². The smallest absolute Gasteiger partial charge is 0.0762 e. The first-order chi connectivity index (χ1) is 9.22. The Hall–Kier alpha value is -1.62. The van der Waals surface area contributed by atoms with Crippen molar-refractivity contribution in [1.82, 2.24) is 24.9 Å². The summed E-state index contributed by atoms with van der Waals surface area (Å²) in [6.45, 7) is 9.87. The minimum Gasteiger partial charge on any atom is -0.307 e. The summed E-state index contributed by atoms with van der Waals surface area (Å²) in [6.07, 6.45) is 5.26. The van der Waals surface area contributed by atoms with Crippen molar-refractivity contribution >= 4 is 0 Å².